The first-order chi connectivity index (χ1) is 16.0. The summed E-state index contributed by atoms with van der Waals surface area (Å²) in [6, 6.07) is 15.7. The van der Waals surface area contributed by atoms with Crippen LogP contribution in [0.2, 0.25) is 0 Å². The number of aliphatic hydroxyl groups is 4. The van der Waals surface area contributed by atoms with Crippen LogP contribution in [0.4, 0.5) is 0 Å². The Morgan fingerprint density at radius 1 is 0.970 bits per heavy atom. The molecule has 0 bridgehead atoms. The van der Waals surface area contributed by atoms with E-state index >= 15 is 0 Å². The highest BCUT2D eigenvalue weighted by atomic mass is 16.7. The normalized spacial score (nSPS) is 25.4. The molecule has 3 heterocycles. The molecule has 1 fully saturated rings. The van der Waals surface area contributed by atoms with Crippen LogP contribution >= 0.6 is 0 Å². The van der Waals surface area contributed by atoms with Crippen LogP contribution in [-0.2, 0) is 4.74 Å². The van der Waals surface area contributed by atoms with Gasteiger partial charge in [-0.05, 0) is 24.3 Å². The molecule has 33 heavy (non-hydrogen) atoms. The number of hydrogen-bond acceptors (Lipinski definition) is 9. The van der Waals surface area contributed by atoms with E-state index in [9.17, 15) is 25.2 Å². The van der Waals surface area contributed by atoms with E-state index in [1.54, 1.807) is 6.07 Å². The van der Waals surface area contributed by atoms with Crippen molar-refractivity contribution in [1.29, 1.82) is 0 Å². The molecule has 0 spiro atoms. The molecule has 2 aromatic heterocycles. The number of fused-ring (bicyclic) bond motifs is 2. The van der Waals surface area contributed by atoms with Crippen molar-refractivity contribution in [2.45, 2.75) is 30.7 Å². The highest BCUT2D eigenvalue weighted by Gasteiger charge is 2.44. The Morgan fingerprint density at radius 2 is 1.79 bits per heavy atom. The number of rotatable bonds is 4. The minimum atomic E-state index is -1.56. The summed E-state index contributed by atoms with van der Waals surface area (Å²) in [6.45, 7) is -0.566. The highest BCUT2D eigenvalue weighted by Crippen LogP contribution is 2.27. The molecule has 4 N–H and O–H groups in total. The summed E-state index contributed by atoms with van der Waals surface area (Å²) in [5, 5.41) is 40.5. The molecule has 170 valence electrons. The fourth-order valence-corrected chi connectivity index (χ4v) is 3.87. The van der Waals surface area contributed by atoms with Crippen molar-refractivity contribution in [2.24, 2.45) is 0 Å². The molecule has 1 aliphatic heterocycles. The topological polar surface area (TPSA) is 142 Å². The van der Waals surface area contributed by atoms with Crippen LogP contribution in [0, 0.1) is 0 Å². The van der Waals surface area contributed by atoms with Crippen molar-refractivity contribution in [3.8, 4) is 17.0 Å². The molecular weight excluding hydrogens is 430 g/mol. The van der Waals surface area contributed by atoms with Gasteiger partial charge in [0.2, 0.25) is 11.7 Å². The standard InChI is InChI=1S/C24H21NO8/c26-10-19-21(28)22(29)23(30)24(33-19)32-13-6-7-14-18(9-13)31-11-15(20(14)27)17-8-5-12-3-1-2-4-16(12)25-17/h1-9,11,19,21-24,26,28-30H,10H2/t19-,21-,22-,23-,24-/m1/s1. The lowest BCUT2D eigenvalue weighted by atomic mass is 9.99. The number of aliphatic hydroxyl groups excluding tert-OH is 4. The van der Waals surface area contributed by atoms with Gasteiger partial charge in [-0.3, -0.25) is 4.79 Å². The Bertz CT molecular complexity index is 1370. The maximum atomic E-state index is 13.1. The quantitative estimate of drug-likeness (QED) is 0.360. The summed E-state index contributed by atoms with van der Waals surface area (Å²) in [5.41, 5.74) is 1.55. The second-order valence-corrected chi connectivity index (χ2v) is 7.84. The van der Waals surface area contributed by atoms with Gasteiger partial charge in [0.1, 0.15) is 42.0 Å². The summed E-state index contributed by atoms with van der Waals surface area (Å²) in [5.74, 6) is 0.201. The van der Waals surface area contributed by atoms with E-state index in [0.29, 0.717) is 16.6 Å². The lowest BCUT2D eigenvalue weighted by Crippen LogP contribution is -2.60. The van der Waals surface area contributed by atoms with Gasteiger partial charge in [-0.25, -0.2) is 4.98 Å². The number of hydrogen-bond donors (Lipinski definition) is 4. The van der Waals surface area contributed by atoms with Gasteiger partial charge in [0.25, 0.3) is 0 Å². The van der Waals surface area contributed by atoms with Gasteiger partial charge in [0, 0.05) is 11.5 Å². The van der Waals surface area contributed by atoms with E-state index in [-0.39, 0.29) is 16.8 Å². The maximum absolute atomic E-state index is 13.1. The van der Waals surface area contributed by atoms with Crippen molar-refractivity contribution in [3.05, 3.63) is 71.1 Å². The molecule has 1 aliphatic rings. The lowest BCUT2D eigenvalue weighted by molar-refractivity contribution is -0.277. The zero-order valence-electron chi connectivity index (χ0n) is 17.2. The Hall–Kier alpha value is -3.34. The Kier molecular flexibility index (Phi) is 5.57. The van der Waals surface area contributed by atoms with Gasteiger partial charge in [-0.2, -0.15) is 0 Å². The van der Waals surface area contributed by atoms with E-state index in [2.05, 4.69) is 4.98 Å². The minimum absolute atomic E-state index is 0.201. The van der Waals surface area contributed by atoms with Crippen LogP contribution in [0.25, 0.3) is 33.1 Å². The van der Waals surface area contributed by atoms with Crippen LogP contribution in [-0.4, -0.2) is 62.7 Å². The molecule has 9 heteroatoms. The smallest absolute Gasteiger partial charge is 0.229 e. The first kappa shape index (κ1) is 21.5. The van der Waals surface area contributed by atoms with E-state index in [0.717, 1.165) is 10.9 Å². The van der Waals surface area contributed by atoms with E-state index in [1.807, 2.05) is 30.3 Å². The molecule has 0 unspecified atom stereocenters. The first-order valence-corrected chi connectivity index (χ1v) is 10.3. The molecule has 1 saturated heterocycles. The van der Waals surface area contributed by atoms with Gasteiger partial charge in [-0.15, -0.1) is 0 Å². The third-order valence-corrected chi connectivity index (χ3v) is 5.72. The van der Waals surface area contributed by atoms with E-state index < -0.39 is 37.3 Å². The molecule has 9 nitrogen and oxygen atoms in total. The predicted molar refractivity (Wildman–Crippen MR) is 118 cm³/mol. The number of pyridine rings is 1. The summed E-state index contributed by atoms with van der Waals surface area (Å²) in [4.78, 5) is 17.6. The predicted octanol–water partition coefficient (Wildman–Crippen LogP) is 1.19. The van der Waals surface area contributed by atoms with Crippen molar-refractivity contribution >= 4 is 21.9 Å². The van der Waals surface area contributed by atoms with Gasteiger partial charge < -0.3 is 34.3 Å². The van der Waals surface area contributed by atoms with Crippen LogP contribution in [0.15, 0.2) is 70.1 Å². The summed E-state index contributed by atoms with van der Waals surface area (Å²) >= 11 is 0. The third kappa shape index (κ3) is 3.86. The Morgan fingerprint density at radius 3 is 2.61 bits per heavy atom. The SMILES string of the molecule is O=c1c(-c2ccc3ccccc3n2)coc2cc(O[C@@H]3O[C@H](CO)[C@@H](O)[C@@H](O)[C@H]3O)ccc12. The maximum Gasteiger partial charge on any atom is 0.229 e. The van der Waals surface area contributed by atoms with Crippen molar-refractivity contribution in [2.75, 3.05) is 6.61 Å². The first-order valence-electron chi connectivity index (χ1n) is 10.3. The van der Waals surface area contributed by atoms with E-state index in [4.69, 9.17) is 13.9 Å². The summed E-state index contributed by atoms with van der Waals surface area (Å²) in [7, 11) is 0. The molecule has 0 aliphatic carbocycles. The van der Waals surface area contributed by atoms with Crippen molar-refractivity contribution in [3.63, 3.8) is 0 Å². The third-order valence-electron chi connectivity index (χ3n) is 5.72. The van der Waals surface area contributed by atoms with Crippen LogP contribution in [0.5, 0.6) is 5.75 Å². The molecule has 0 amide bonds. The number of para-hydroxylation sites is 1. The zero-order chi connectivity index (χ0) is 23.1. The van der Waals surface area contributed by atoms with Crippen LogP contribution < -0.4 is 10.2 Å². The Balaban J connectivity index is 1.45. The molecule has 4 aromatic rings. The van der Waals surface area contributed by atoms with Gasteiger partial charge in [0.15, 0.2) is 0 Å². The summed E-state index contributed by atoms with van der Waals surface area (Å²) in [6.07, 6.45) is -5.70. The van der Waals surface area contributed by atoms with Gasteiger partial charge in [-0.1, -0.05) is 24.3 Å². The fourth-order valence-electron chi connectivity index (χ4n) is 3.87. The molecule has 0 saturated carbocycles. The second-order valence-electron chi connectivity index (χ2n) is 7.84. The minimum Gasteiger partial charge on any atom is -0.463 e. The molecule has 0 radical (unpaired) electrons. The number of ether oxygens (including phenoxy) is 2. The number of nitrogens with zero attached hydrogens (tertiary/aromatic N) is 1. The summed E-state index contributed by atoms with van der Waals surface area (Å²) < 4.78 is 16.6. The fraction of sp³-hybridized carbons (Fsp3) is 0.250. The van der Waals surface area contributed by atoms with Crippen LogP contribution in [0.3, 0.4) is 0 Å². The molecule has 5 atom stereocenters. The number of benzene rings is 2. The van der Waals surface area contributed by atoms with Crippen molar-refractivity contribution < 1.29 is 34.3 Å². The highest BCUT2D eigenvalue weighted by molar-refractivity contribution is 5.85. The number of aromatic nitrogens is 1. The average molecular weight is 451 g/mol. The van der Waals surface area contributed by atoms with Gasteiger partial charge in [0.05, 0.1) is 28.8 Å². The molecule has 2 aromatic carbocycles. The Labute approximate surface area is 187 Å². The molecular formula is C24H21NO8. The zero-order valence-corrected chi connectivity index (χ0v) is 17.2. The molecule has 5 rings (SSSR count). The lowest BCUT2D eigenvalue weighted by Gasteiger charge is -2.39. The van der Waals surface area contributed by atoms with Crippen molar-refractivity contribution in [1.82, 2.24) is 4.98 Å². The monoisotopic (exact) mass is 451 g/mol. The largest absolute Gasteiger partial charge is 0.463 e. The van der Waals surface area contributed by atoms with Gasteiger partial charge >= 0.3 is 0 Å². The van der Waals surface area contributed by atoms with E-state index in [1.165, 1.54) is 24.5 Å². The second kappa shape index (κ2) is 8.54. The average Bonchev–Trinajstić information content (AvgIpc) is 2.84. The van der Waals surface area contributed by atoms with Crippen LogP contribution in [0.1, 0.15) is 0 Å².